The highest BCUT2D eigenvalue weighted by molar-refractivity contribution is 5.76. The highest BCUT2D eigenvalue weighted by Crippen LogP contribution is 2.40. The van der Waals surface area contributed by atoms with E-state index in [1.54, 1.807) is 0 Å². The predicted octanol–water partition coefficient (Wildman–Crippen LogP) is 5.60. The summed E-state index contributed by atoms with van der Waals surface area (Å²) in [7, 11) is 0. The van der Waals surface area contributed by atoms with Gasteiger partial charge in [0.25, 0.3) is 0 Å². The lowest BCUT2D eigenvalue weighted by atomic mass is 9.74. The van der Waals surface area contributed by atoms with E-state index >= 15 is 0 Å². The summed E-state index contributed by atoms with van der Waals surface area (Å²) >= 11 is 0. The minimum atomic E-state index is -0.419. The lowest BCUT2D eigenvalue weighted by Gasteiger charge is -2.40. The van der Waals surface area contributed by atoms with Gasteiger partial charge in [-0.25, -0.2) is 0 Å². The molecule has 0 aromatic carbocycles. The van der Waals surface area contributed by atoms with Crippen LogP contribution < -0.4 is 0 Å². The molecule has 0 aromatic rings. The number of hydrogen-bond acceptors (Lipinski definition) is 2. The zero-order valence-corrected chi connectivity index (χ0v) is 15.5. The van der Waals surface area contributed by atoms with Gasteiger partial charge in [0.2, 0.25) is 0 Å². The summed E-state index contributed by atoms with van der Waals surface area (Å²) in [6.45, 7) is 17.1. The number of carbonyl (C=O) groups is 1. The molecule has 124 valence electrons. The van der Waals surface area contributed by atoms with Crippen molar-refractivity contribution in [1.82, 2.24) is 0 Å². The third-order valence-corrected chi connectivity index (χ3v) is 4.88. The molecule has 0 N–H and O–H groups in total. The molecule has 0 amide bonds. The van der Waals surface area contributed by atoms with Gasteiger partial charge in [-0.2, -0.15) is 0 Å². The van der Waals surface area contributed by atoms with Crippen LogP contribution in [0, 0.1) is 22.7 Å². The van der Waals surface area contributed by atoms with Gasteiger partial charge in [-0.15, -0.1) is 0 Å². The Morgan fingerprint density at radius 2 is 1.43 bits per heavy atom. The van der Waals surface area contributed by atoms with Gasteiger partial charge in [-0.1, -0.05) is 40.5 Å². The van der Waals surface area contributed by atoms with Crippen LogP contribution in [0.3, 0.4) is 0 Å². The van der Waals surface area contributed by atoms with Crippen molar-refractivity contribution in [2.24, 2.45) is 22.7 Å². The van der Waals surface area contributed by atoms with Crippen LogP contribution >= 0.6 is 0 Å². The molecule has 1 aliphatic rings. The Hall–Kier alpha value is -0.530. The van der Waals surface area contributed by atoms with Crippen LogP contribution in [0.15, 0.2) is 0 Å². The first-order valence-electron chi connectivity index (χ1n) is 8.57. The maximum absolute atomic E-state index is 12.6. The van der Waals surface area contributed by atoms with E-state index in [2.05, 4.69) is 41.5 Å². The van der Waals surface area contributed by atoms with E-state index in [1.165, 1.54) is 25.7 Å². The molecule has 0 spiro atoms. The molecule has 2 heteroatoms. The fourth-order valence-electron chi connectivity index (χ4n) is 3.81. The fraction of sp³-hybridized carbons (Fsp3) is 0.947. The molecular formula is C19H36O2. The van der Waals surface area contributed by atoms with Crippen LogP contribution in [-0.4, -0.2) is 11.6 Å². The zero-order chi connectivity index (χ0) is 16.5. The SMILES string of the molecule is CC1CCC(C(C)(C)OC(=O)C(C)(C)CC(C)(C)C)CC1. The van der Waals surface area contributed by atoms with E-state index in [9.17, 15) is 4.79 Å². The van der Waals surface area contributed by atoms with Crippen molar-refractivity contribution >= 4 is 5.97 Å². The first-order chi connectivity index (χ1) is 9.33. The predicted molar refractivity (Wildman–Crippen MR) is 89.1 cm³/mol. The summed E-state index contributed by atoms with van der Waals surface area (Å²) in [5, 5.41) is 0. The summed E-state index contributed by atoms with van der Waals surface area (Å²) in [5.41, 5.74) is -0.628. The fourth-order valence-corrected chi connectivity index (χ4v) is 3.81. The number of esters is 1. The van der Waals surface area contributed by atoms with Crippen molar-refractivity contribution in [3.8, 4) is 0 Å². The molecule has 0 unspecified atom stereocenters. The highest BCUT2D eigenvalue weighted by atomic mass is 16.6. The van der Waals surface area contributed by atoms with Gasteiger partial charge in [0.15, 0.2) is 0 Å². The van der Waals surface area contributed by atoms with Gasteiger partial charge in [0, 0.05) is 0 Å². The third kappa shape index (κ3) is 5.64. The van der Waals surface area contributed by atoms with Crippen LogP contribution in [0.25, 0.3) is 0 Å². The first kappa shape index (κ1) is 18.5. The molecular weight excluding hydrogens is 260 g/mol. The van der Waals surface area contributed by atoms with Crippen LogP contribution in [0.2, 0.25) is 0 Å². The van der Waals surface area contributed by atoms with E-state index in [0.29, 0.717) is 5.92 Å². The quantitative estimate of drug-likeness (QED) is 0.631. The summed E-state index contributed by atoms with van der Waals surface area (Å²) in [6, 6.07) is 0. The normalized spacial score (nSPS) is 24.8. The van der Waals surface area contributed by atoms with Crippen molar-refractivity contribution in [1.29, 1.82) is 0 Å². The molecule has 0 aromatic heterocycles. The van der Waals surface area contributed by atoms with Gasteiger partial charge < -0.3 is 4.74 Å². The number of ether oxygens (including phenoxy) is 1. The molecule has 1 saturated carbocycles. The maximum Gasteiger partial charge on any atom is 0.312 e. The molecule has 1 aliphatic carbocycles. The van der Waals surface area contributed by atoms with E-state index in [0.717, 1.165) is 12.3 Å². The standard InChI is InChI=1S/C19H36O2/c1-14-9-11-15(12-10-14)19(7,8)21-16(20)18(5,6)13-17(2,3)4/h14-15H,9-13H2,1-8H3. The molecule has 1 rings (SSSR count). The summed E-state index contributed by atoms with van der Waals surface area (Å²) in [5.74, 6) is 1.29. The molecule has 0 atom stereocenters. The Labute approximate surface area is 132 Å². The van der Waals surface area contributed by atoms with Gasteiger partial charge >= 0.3 is 5.97 Å². The molecule has 0 saturated heterocycles. The molecule has 0 heterocycles. The third-order valence-electron chi connectivity index (χ3n) is 4.88. The largest absolute Gasteiger partial charge is 0.459 e. The van der Waals surface area contributed by atoms with Gasteiger partial charge in [-0.05, 0) is 64.2 Å². The minimum Gasteiger partial charge on any atom is -0.459 e. The van der Waals surface area contributed by atoms with Gasteiger partial charge in [0.05, 0.1) is 5.41 Å². The highest BCUT2D eigenvalue weighted by Gasteiger charge is 2.40. The van der Waals surface area contributed by atoms with Crippen molar-refractivity contribution in [2.45, 2.75) is 93.1 Å². The topological polar surface area (TPSA) is 26.3 Å². The van der Waals surface area contributed by atoms with E-state index < -0.39 is 5.41 Å². The van der Waals surface area contributed by atoms with Crippen LogP contribution in [0.4, 0.5) is 0 Å². The lowest BCUT2D eigenvalue weighted by Crippen LogP contribution is -2.43. The molecule has 0 aliphatic heterocycles. The Kier molecular flexibility index (Phi) is 5.56. The van der Waals surface area contributed by atoms with Gasteiger partial charge in [0.1, 0.15) is 5.60 Å². The smallest absolute Gasteiger partial charge is 0.312 e. The molecule has 2 nitrogen and oxygen atoms in total. The van der Waals surface area contributed by atoms with Gasteiger partial charge in [-0.3, -0.25) is 4.79 Å². The van der Waals surface area contributed by atoms with Crippen molar-refractivity contribution < 1.29 is 9.53 Å². The van der Waals surface area contributed by atoms with Crippen molar-refractivity contribution in [3.63, 3.8) is 0 Å². The Balaban J connectivity index is 2.67. The second kappa shape index (κ2) is 6.30. The summed E-state index contributed by atoms with van der Waals surface area (Å²) < 4.78 is 5.98. The first-order valence-corrected chi connectivity index (χ1v) is 8.57. The molecule has 1 fully saturated rings. The molecule has 0 bridgehead atoms. The average Bonchev–Trinajstić information content (AvgIpc) is 2.25. The number of hydrogen-bond donors (Lipinski definition) is 0. The molecule has 0 radical (unpaired) electrons. The Morgan fingerprint density at radius 1 is 0.952 bits per heavy atom. The number of rotatable bonds is 4. The summed E-state index contributed by atoms with van der Waals surface area (Å²) in [4.78, 5) is 12.6. The van der Waals surface area contributed by atoms with Crippen molar-refractivity contribution in [3.05, 3.63) is 0 Å². The van der Waals surface area contributed by atoms with Crippen LogP contribution in [0.5, 0.6) is 0 Å². The second-order valence-electron chi connectivity index (χ2n) is 9.57. The molecule has 21 heavy (non-hydrogen) atoms. The van der Waals surface area contributed by atoms with Crippen LogP contribution in [-0.2, 0) is 9.53 Å². The lowest BCUT2D eigenvalue weighted by molar-refractivity contribution is -0.175. The van der Waals surface area contributed by atoms with E-state index in [-0.39, 0.29) is 17.0 Å². The van der Waals surface area contributed by atoms with Crippen LogP contribution in [0.1, 0.15) is 87.5 Å². The Bertz CT molecular complexity index is 352. The van der Waals surface area contributed by atoms with E-state index in [4.69, 9.17) is 4.74 Å². The zero-order valence-electron chi connectivity index (χ0n) is 15.5. The minimum absolute atomic E-state index is 0.0407. The summed E-state index contributed by atoms with van der Waals surface area (Å²) in [6.07, 6.45) is 5.73. The number of carbonyl (C=O) groups excluding carboxylic acids is 1. The van der Waals surface area contributed by atoms with Crippen molar-refractivity contribution in [2.75, 3.05) is 0 Å². The monoisotopic (exact) mass is 296 g/mol. The van der Waals surface area contributed by atoms with E-state index in [1.807, 2.05) is 13.8 Å². The second-order valence-corrected chi connectivity index (χ2v) is 9.57. The average molecular weight is 296 g/mol. The maximum atomic E-state index is 12.6. The Morgan fingerprint density at radius 3 is 1.86 bits per heavy atom.